The Kier molecular flexibility index (Phi) is 10.5. The predicted octanol–water partition coefficient (Wildman–Crippen LogP) is 3.37. The van der Waals surface area contributed by atoms with Crippen molar-refractivity contribution in [2.45, 2.75) is 78.3 Å². The molecule has 0 fully saturated rings. The molecule has 0 aromatic heterocycles. The van der Waals surface area contributed by atoms with Crippen LogP contribution in [-0.4, -0.2) is 41.0 Å². The number of carbonyl (C=O) groups excluding carboxylic acids is 3. The first kappa shape index (κ1) is 25.6. The van der Waals surface area contributed by atoms with Crippen LogP contribution in [0.3, 0.4) is 0 Å². The van der Waals surface area contributed by atoms with Crippen LogP contribution in [0.25, 0.3) is 0 Å². The molecule has 0 spiro atoms. The zero-order valence-electron chi connectivity index (χ0n) is 17.5. The minimum atomic E-state index is -2.05. The van der Waals surface area contributed by atoms with Crippen molar-refractivity contribution in [3.8, 4) is 0 Å². The van der Waals surface area contributed by atoms with E-state index in [9.17, 15) is 19.5 Å². The summed E-state index contributed by atoms with van der Waals surface area (Å²) >= 11 is 0. The quantitative estimate of drug-likeness (QED) is 0.307. The summed E-state index contributed by atoms with van der Waals surface area (Å²) in [6.45, 7) is 18.2. The van der Waals surface area contributed by atoms with E-state index >= 15 is 0 Å². The van der Waals surface area contributed by atoms with E-state index in [1.165, 1.54) is 27.7 Å². The van der Waals surface area contributed by atoms with Gasteiger partial charge in [0.2, 0.25) is 0 Å². The van der Waals surface area contributed by atoms with Crippen molar-refractivity contribution in [1.82, 2.24) is 0 Å². The van der Waals surface area contributed by atoms with Gasteiger partial charge in [0.25, 0.3) is 5.79 Å². The molecule has 158 valence electrons. The Balaban J connectivity index is 6.05. The molecule has 1 N–H and O–H groups in total. The van der Waals surface area contributed by atoms with Gasteiger partial charge in [-0.05, 0) is 34.1 Å². The Hall–Kier alpha value is -2.41. The van der Waals surface area contributed by atoms with Gasteiger partial charge in [-0.2, -0.15) is 0 Å². The van der Waals surface area contributed by atoms with Crippen molar-refractivity contribution >= 4 is 17.9 Å². The summed E-state index contributed by atoms with van der Waals surface area (Å²) in [5.41, 5.74) is 0.221. The molecule has 0 aliphatic carbocycles. The van der Waals surface area contributed by atoms with E-state index in [2.05, 4.69) is 19.7 Å². The minimum absolute atomic E-state index is 0.0530. The third kappa shape index (κ3) is 8.08. The lowest BCUT2D eigenvalue weighted by atomic mass is 9.98. The molecule has 0 amide bonds. The van der Waals surface area contributed by atoms with Crippen molar-refractivity contribution in [2.75, 3.05) is 0 Å². The highest BCUT2D eigenvalue weighted by atomic mass is 16.8. The SMILES string of the molecule is C=C(C)C(=O)OC(C)C(CC(O)CCCC)(OC(=O)C(=C)C)OC(=O)C(=C)C. The van der Waals surface area contributed by atoms with Crippen LogP contribution in [0.1, 0.15) is 60.3 Å². The zero-order valence-corrected chi connectivity index (χ0v) is 17.5. The minimum Gasteiger partial charge on any atom is -0.451 e. The van der Waals surface area contributed by atoms with E-state index in [1.807, 2.05) is 6.92 Å². The van der Waals surface area contributed by atoms with Gasteiger partial charge in [-0.25, -0.2) is 14.4 Å². The van der Waals surface area contributed by atoms with Crippen LogP contribution >= 0.6 is 0 Å². The van der Waals surface area contributed by atoms with Gasteiger partial charge in [0.1, 0.15) is 0 Å². The average Bonchev–Trinajstić information content (AvgIpc) is 2.58. The number of hydrogen-bond acceptors (Lipinski definition) is 7. The van der Waals surface area contributed by atoms with Crippen LogP contribution in [0, 0.1) is 0 Å². The van der Waals surface area contributed by atoms with Crippen molar-refractivity contribution in [1.29, 1.82) is 0 Å². The van der Waals surface area contributed by atoms with Crippen LogP contribution in [0.2, 0.25) is 0 Å². The summed E-state index contributed by atoms with van der Waals surface area (Å²) in [4.78, 5) is 36.5. The van der Waals surface area contributed by atoms with Crippen molar-refractivity contribution in [3.63, 3.8) is 0 Å². The Labute approximate surface area is 167 Å². The van der Waals surface area contributed by atoms with Crippen LogP contribution < -0.4 is 0 Å². The van der Waals surface area contributed by atoms with Gasteiger partial charge in [-0.3, -0.25) is 0 Å². The molecule has 7 heteroatoms. The maximum absolute atomic E-state index is 12.3. The molecule has 0 aromatic carbocycles. The fourth-order valence-corrected chi connectivity index (χ4v) is 2.15. The Bertz CT molecular complexity index is 605. The number of esters is 3. The first-order chi connectivity index (χ1) is 12.9. The van der Waals surface area contributed by atoms with Crippen LogP contribution in [0.5, 0.6) is 0 Å². The Morgan fingerprint density at radius 1 is 0.929 bits per heavy atom. The fourth-order valence-electron chi connectivity index (χ4n) is 2.15. The molecular formula is C21H32O7. The number of rotatable bonds is 12. The maximum Gasteiger partial charge on any atom is 0.336 e. The van der Waals surface area contributed by atoms with E-state index in [0.29, 0.717) is 12.8 Å². The molecule has 0 aromatic rings. The number of carbonyl (C=O) groups is 3. The second-order valence-electron chi connectivity index (χ2n) is 6.98. The molecule has 0 heterocycles. The van der Waals surface area contributed by atoms with E-state index in [1.54, 1.807) is 0 Å². The Morgan fingerprint density at radius 3 is 1.71 bits per heavy atom. The van der Waals surface area contributed by atoms with Gasteiger partial charge in [0, 0.05) is 16.7 Å². The van der Waals surface area contributed by atoms with Gasteiger partial charge < -0.3 is 19.3 Å². The summed E-state index contributed by atoms with van der Waals surface area (Å²) in [7, 11) is 0. The number of aliphatic hydroxyl groups is 1. The fraction of sp³-hybridized carbons (Fsp3) is 0.571. The van der Waals surface area contributed by atoms with Crippen molar-refractivity contribution in [2.24, 2.45) is 0 Å². The first-order valence-electron chi connectivity index (χ1n) is 9.18. The standard InChI is InChI=1S/C21H32O7/c1-9-10-11-17(22)12-21(27-19(24)14(4)5,28-20(25)15(6)7)16(8)26-18(23)13(2)3/h16-17,22H,2,4,6,9-12H2,1,3,5,7-8H3. The molecule has 2 unspecified atom stereocenters. The van der Waals surface area contributed by atoms with E-state index in [4.69, 9.17) is 14.2 Å². The zero-order chi connectivity index (χ0) is 22.1. The molecule has 0 radical (unpaired) electrons. The molecule has 0 aliphatic rings. The third-order valence-corrected chi connectivity index (χ3v) is 3.89. The lowest BCUT2D eigenvalue weighted by Crippen LogP contribution is -2.53. The molecular weight excluding hydrogens is 364 g/mol. The topological polar surface area (TPSA) is 99.1 Å². The third-order valence-electron chi connectivity index (χ3n) is 3.89. The molecule has 7 nitrogen and oxygen atoms in total. The van der Waals surface area contributed by atoms with Gasteiger partial charge in [-0.15, -0.1) is 0 Å². The van der Waals surface area contributed by atoms with E-state index < -0.39 is 35.9 Å². The first-order valence-corrected chi connectivity index (χ1v) is 9.18. The summed E-state index contributed by atoms with van der Waals surface area (Å²) < 4.78 is 16.1. The molecule has 0 rings (SSSR count). The van der Waals surface area contributed by atoms with Crippen LogP contribution in [0.4, 0.5) is 0 Å². The second kappa shape index (κ2) is 11.4. The molecule has 0 saturated heterocycles. The number of aliphatic hydroxyl groups excluding tert-OH is 1. The summed E-state index contributed by atoms with van der Waals surface area (Å²) in [5.74, 6) is -4.51. The molecule has 0 aliphatic heterocycles. The average molecular weight is 396 g/mol. The number of ether oxygens (including phenoxy) is 3. The second-order valence-corrected chi connectivity index (χ2v) is 6.98. The lowest BCUT2D eigenvalue weighted by Gasteiger charge is -2.38. The highest BCUT2D eigenvalue weighted by Crippen LogP contribution is 2.31. The van der Waals surface area contributed by atoms with Gasteiger partial charge in [0.05, 0.1) is 12.5 Å². The van der Waals surface area contributed by atoms with Gasteiger partial charge >= 0.3 is 17.9 Å². The number of hydrogen-bond donors (Lipinski definition) is 1. The maximum atomic E-state index is 12.3. The Morgan fingerprint density at radius 2 is 1.36 bits per heavy atom. The van der Waals surface area contributed by atoms with Crippen LogP contribution in [-0.2, 0) is 28.6 Å². The normalized spacial score (nSPS) is 13.1. The molecule has 0 bridgehead atoms. The summed E-state index contributed by atoms with van der Waals surface area (Å²) in [6, 6.07) is 0. The summed E-state index contributed by atoms with van der Waals surface area (Å²) in [6.07, 6.45) is -0.549. The van der Waals surface area contributed by atoms with E-state index in [0.717, 1.165) is 6.42 Å². The number of unbranched alkanes of at least 4 members (excludes halogenated alkanes) is 1. The summed E-state index contributed by atoms with van der Waals surface area (Å²) in [5, 5.41) is 10.4. The van der Waals surface area contributed by atoms with Crippen LogP contribution in [0.15, 0.2) is 36.5 Å². The molecule has 2 atom stereocenters. The smallest absolute Gasteiger partial charge is 0.336 e. The lowest BCUT2D eigenvalue weighted by molar-refractivity contribution is -0.267. The van der Waals surface area contributed by atoms with E-state index in [-0.39, 0.29) is 23.1 Å². The largest absolute Gasteiger partial charge is 0.451 e. The van der Waals surface area contributed by atoms with Crippen molar-refractivity contribution < 1.29 is 33.7 Å². The highest BCUT2D eigenvalue weighted by molar-refractivity contribution is 5.89. The van der Waals surface area contributed by atoms with Gasteiger partial charge in [-0.1, -0.05) is 39.5 Å². The highest BCUT2D eigenvalue weighted by Gasteiger charge is 2.48. The monoisotopic (exact) mass is 396 g/mol. The van der Waals surface area contributed by atoms with Gasteiger partial charge in [0.15, 0.2) is 6.10 Å². The molecule has 0 saturated carbocycles. The molecule has 28 heavy (non-hydrogen) atoms. The van der Waals surface area contributed by atoms with Crippen molar-refractivity contribution in [3.05, 3.63) is 36.5 Å². The predicted molar refractivity (Wildman–Crippen MR) is 105 cm³/mol.